The molecule has 1 atom stereocenters. The van der Waals surface area contributed by atoms with Crippen molar-refractivity contribution in [1.29, 1.82) is 0 Å². The van der Waals surface area contributed by atoms with E-state index in [-0.39, 0.29) is 11.8 Å². The lowest BCUT2D eigenvalue weighted by Crippen LogP contribution is -2.37. The van der Waals surface area contributed by atoms with Crippen molar-refractivity contribution in [2.75, 3.05) is 5.32 Å². The standard InChI is InChI=1S/C10H10FN3O2/c11-8-3-1-6(5-12-8)13-10(16)7-2-4-9(15)14-7/h1,3,5,7H,2,4H2,(H,13,16)(H,14,15). The molecule has 1 unspecified atom stereocenters. The number of nitrogens with one attached hydrogen (secondary N) is 2. The van der Waals surface area contributed by atoms with Crippen molar-refractivity contribution in [2.24, 2.45) is 0 Å². The summed E-state index contributed by atoms with van der Waals surface area (Å²) in [5, 5.41) is 5.09. The Morgan fingerprint density at radius 1 is 1.56 bits per heavy atom. The van der Waals surface area contributed by atoms with Crippen LogP contribution in [0.3, 0.4) is 0 Å². The van der Waals surface area contributed by atoms with Gasteiger partial charge in [0.05, 0.1) is 11.9 Å². The van der Waals surface area contributed by atoms with Gasteiger partial charge in [0.25, 0.3) is 0 Å². The second-order valence-corrected chi connectivity index (χ2v) is 3.52. The lowest BCUT2D eigenvalue weighted by Gasteiger charge is -2.10. The lowest BCUT2D eigenvalue weighted by molar-refractivity contribution is -0.122. The predicted molar refractivity (Wildman–Crippen MR) is 54.0 cm³/mol. The molecule has 0 saturated carbocycles. The molecule has 1 fully saturated rings. The third-order valence-electron chi connectivity index (χ3n) is 2.31. The first-order valence-corrected chi connectivity index (χ1v) is 4.87. The third-order valence-corrected chi connectivity index (χ3v) is 2.31. The van der Waals surface area contributed by atoms with Gasteiger partial charge in [-0.3, -0.25) is 9.59 Å². The Bertz CT molecular complexity index is 419. The monoisotopic (exact) mass is 223 g/mol. The van der Waals surface area contributed by atoms with Gasteiger partial charge in [0, 0.05) is 6.42 Å². The van der Waals surface area contributed by atoms with Crippen molar-refractivity contribution in [3.05, 3.63) is 24.3 Å². The predicted octanol–water partition coefficient (Wildman–Crippen LogP) is 0.438. The minimum absolute atomic E-state index is 0.127. The molecule has 2 heterocycles. The van der Waals surface area contributed by atoms with E-state index >= 15 is 0 Å². The summed E-state index contributed by atoms with van der Waals surface area (Å²) < 4.78 is 12.5. The largest absolute Gasteiger partial charge is 0.344 e. The number of aromatic nitrogens is 1. The normalized spacial score (nSPS) is 19.3. The quantitative estimate of drug-likeness (QED) is 0.714. The Hall–Kier alpha value is -1.98. The molecule has 2 amide bonds. The SMILES string of the molecule is O=C1CCC(C(=O)Nc2ccc(F)nc2)N1. The smallest absolute Gasteiger partial charge is 0.247 e. The van der Waals surface area contributed by atoms with Crippen LogP contribution < -0.4 is 10.6 Å². The number of anilines is 1. The number of hydrogen-bond donors (Lipinski definition) is 2. The first-order valence-electron chi connectivity index (χ1n) is 4.87. The number of nitrogens with zero attached hydrogens (tertiary/aromatic N) is 1. The Labute approximate surface area is 91.1 Å². The molecular formula is C10H10FN3O2. The fraction of sp³-hybridized carbons (Fsp3) is 0.300. The van der Waals surface area contributed by atoms with Crippen LogP contribution in [0.1, 0.15) is 12.8 Å². The second kappa shape index (κ2) is 4.26. The molecule has 2 rings (SSSR count). The van der Waals surface area contributed by atoms with E-state index < -0.39 is 12.0 Å². The van der Waals surface area contributed by atoms with Crippen LogP contribution in [-0.2, 0) is 9.59 Å². The molecule has 5 nitrogen and oxygen atoms in total. The van der Waals surface area contributed by atoms with Gasteiger partial charge in [0.1, 0.15) is 6.04 Å². The van der Waals surface area contributed by atoms with Gasteiger partial charge in [0.15, 0.2) is 0 Å². The minimum atomic E-state index is -0.604. The van der Waals surface area contributed by atoms with E-state index in [1.54, 1.807) is 0 Å². The third kappa shape index (κ3) is 2.33. The summed E-state index contributed by atoms with van der Waals surface area (Å²) >= 11 is 0. The summed E-state index contributed by atoms with van der Waals surface area (Å²) in [7, 11) is 0. The highest BCUT2D eigenvalue weighted by Gasteiger charge is 2.27. The molecule has 1 saturated heterocycles. The van der Waals surface area contributed by atoms with Gasteiger partial charge in [-0.05, 0) is 18.6 Å². The maximum atomic E-state index is 12.5. The van der Waals surface area contributed by atoms with Crippen molar-refractivity contribution < 1.29 is 14.0 Å². The average molecular weight is 223 g/mol. The highest BCUT2D eigenvalue weighted by atomic mass is 19.1. The first kappa shape index (κ1) is 10.5. The molecule has 1 aromatic rings. The number of rotatable bonds is 2. The molecule has 1 aliphatic heterocycles. The van der Waals surface area contributed by atoms with Crippen LogP contribution in [0.25, 0.3) is 0 Å². The van der Waals surface area contributed by atoms with Crippen LogP contribution in [0.4, 0.5) is 10.1 Å². The van der Waals surface area contributed by atoms with Crippen LogP contribution in [0.5, 0.6) is 0 Å². The zero-order chi connectivity index (χ0) is 11.5. The Morgan fingerprint density at radius 3 is 2.94 bits per heavy atom. The first-order chi connectivity index (χ1) is 7.65. The summed E-state index contributed by atoms with van der Waals surface area (Å²) in [4.78, 5) is 25.9. The van der Waals surface area contributed by atoms with Crippen molar-refractivity contribution in [2.45, 2.75) is 18.9 Å². The van der Waals surface area contributed by atoms with E-state index in [1.807, 2.05) is 0 Å². The van der Waals surface area contributed by atoms with Gasteiger partial charge in [-0.1, -0.05) is 0 Å². The van der Waals surface area contributed by atoms with Gasteiger partial charge >= 0.3 is 0 Å². The lowest BCUT2D eigenvalue weighted by atomic mass is 10.2. The van der Waals surface area contributed by atoms with E-state index in [0.29, 0.717) is 18.5 Å². The number of hydrogen-bond acceptors (Lipinski definition) is 3. The van der Waals surface area contributed by atoms with Gasteiger partial charge in [-0.15, -0.1) is 0 Å². The summed E-state index contributed by atoms with van der Waals surface area (Å²) in [5.74, 6) is -1.04. The molecule has 0 bridgehead atoms. The van der Waals surface area contributed by atoms with Crippen molar-refractivity contribution >= 4 is 17.5 Å². The fourth-order valence-electron chi connectivity index (χ4n) is 1.49. The van der Waals surface area contributed by atoms with Crippen molar-refractivity contribution in [1.82, 2.24) is 10.3 Å². The topological polar surface area (TPSA) is 71.1 Å². The molecule has 2 N–H and O–H groups in total. The highest BCUT2D eigenvalue weighted by Crippen LogP contribution is 2.10. The molecule has 16 heavy (non-hydrogen) atoms. The maximum Gasteiger partial charge on any atom is 0.247 e. The summed E-state index contributed by atoms with van der Waals surface area (Å²) in [6.07, 6.45) is 2.07. The van der Waals surface area contributed by atoms with Crippen LogP contribution in [0, 0.1) is 5.95 Å². The van der Waals surface area contributed by atoms with E-state index in [0.717, 1.165) is 6.07 Å². The van der Waals surface area contributed by atoms with E-state index in [2.05, 4.69) is 15.6 Å². The van der Waals surface area contributed by atoms with Gasteiger partial charge in [-0.25, -0.2) is 4.98 Å². The van der Waals surface area contributed by atoms with Crippen LogP contribution in [-0.4, -0.2) is 22.8 Å². The molecule has 0 radical (unpaired) electrons. The van der Waals surface area contributed by atoms with Crippen LogP contribution in [0.2, 0.25) is 0 Å². The second-order valence-electron chi connectivity index (χ2n) is 3.52. The molecule has 1 aliphatic rings. The number of pyridine rings is 1. The molecule has 6 heteroatoms. The number of amides is 2. The molecule has 0 aliphatic carbocycles. The maximum absolute atomic E-state index is 12.5. The summed E-state index contributed by atoms with van der Waals surface area (Å²) in [5.41, 5.74) is 0.410. The Kier molecular flexibility index (Phi) is 2.80. The number of halogens is 1. The molecular weight excluding hydrogens is 213 g/mol. The zero-order valence-corrected chi connectivity index (χ0v) is 8.37. The van der Waals surface area contributed by atoms with Crippen molar-refractivity contribution in [3.63, 3.8) is 0 Å². The summed E-state index contributed by atoms with van der Waals surface area (Å²) in [6, 6.07) is 2.07. The van der Waals surface area contributed by atoms with E-state index in [1.165, 1.54) is 12.3 Å². The van der Waals surface area contributed by atoms with Crippen LogP contribution in [0.15, 0.2) is 18.3 Å². The molecule has 0 spiro atoms. The Balaban J connectivity index is 1.97. The fourth-order valence-corrected chi connectivity index (χ4v) is 1.49. The van der Waals surface area contributed by atoms with Crippen molar-refractivity contribution in [3.8, 4) is 0 Å². The Morgan fingerprint density at radius 2 is 2.38 bits per heavy atom. The number of carbonyl (C=O) groups excluding carboxylic acids is 2. The minimum Gasteiger partial charge on any atom is -0.344 e. The van der Waals surface area contributed by atoms with E-state index in [4.69, 9.17) is 0 Å². The molecule has 84 valence electrons. The van der Waals surface area contributed by atoms with Gasteiger partial charge in [0.2, 0.25) is 17.8 Å². The van der Waals surface area contributed by atoms with Gasteiger partial charge < -0.3 is 10.6 Å². The highest BCUT2D eigenvalue weighted by molar-refractivity contribution is 5.98. The summed E-state index contributed by atoms with van der Waals surface area (Å²) in [6.45, 7) is 0. The van der Waals surface area contributed by atoms with E-state index in [9.17, 15) is 14.0 Å². The van der Waals surface area contributed by atoms with Crippen LogP contribution >= 0.6 is 0 Å². The average Bonchev–Trinajstić information content (AvgIpc) is 2.68. The number of carbonyl (C=O) groups is 2. The molecule has 0 aromatic carbocycles. The van der Waals surface area contributed by atoms with Gasteiger partial charge in [-0.2, -0.15) is 4.39 Å². The molecule has 1 aromatic heterocycles. The zero-order valence-electron chi connectivity index (χ0n) is 8.37.